The quantitative estimate of drug-likeness (QED) is 0.629. The van der Waals surface area contributed by atoms with Gasteiger partial charge in [0.15, 0.2) is 0 Å². The molecule has 0 spiro atoms. The van der Waals surface area contributed by atoms with Crippen molar-refractivity contribution in [3.05, 3.63) is 82.2 Å². The highest BCUT2D eigenvalue weighted by atomic mass is 16.2. The van der Waals surface area contributed by atoms with E-state index in [2.05, 4.69) is 15.7 Å². The smallest absolute Gasteiger partial charge is 0.255 e. The number of aryl methyl sites for hydroxylation is 3. The van der Waals surface area contributed by atoms with E-state index in [0.29, 0.717) is 18.5 Å². The molecule has 2 N–H and O–H groups in total. The molecule has 1 heterocycles. The molecule has 0 aliphatic rings. The molecule has 156 valence electrons. The van der Waals surface area contributed by atoms with Crippen LogP contribution in [-0.2, 0) is 17.8 Å². The maximum Gasteiger partial charge on any atom is 0.255 e. The molecule has 6 nitrogen and oxygen atoms in total. The number of aromatic nitrogens is 2. The third-order valence-corrected chi connectivity index (χ3v) is 5.05. The lowest BCUT2D eigenvalue weighted by Gasteiger charge is -2.13. The average molecular weight is 405 g/mol. The van der Waals surface area contributed by atoms with Gasteiger partial charge in [0.1, 0.15) is 0 Å². The van der Waals surface area contributed by atoms with Crippen LogP contribution in [0.25, 0.3) is 0 Å². The predicted molar refractivity (Wildman–Crippen MR) is 119 cm³/mol. The second kappa shape index (κ2) is 9.39. The van der Waals surface area contributed by atoms with Gasteiger partial charge in [0, 0.05) is 5.69 Å². The van der Waals surface area contributed by atoms with E-state index in [-0.39, 0.29) is 18.4 Å². The normalized spacial score (nSPS) is 10.7. The summed E-state index contributed by atoms with van der Waals surface area (Å²) in [4.78, 5) is 25.1. The van der Waals surface area contributed by atoms with Gasteiger partial charge in [-0.25, -0.2) is 0 Å². The van der Waals surface area contributed by atoms with E-state index in [1.807, 2.05) is 74.8 Å². The number of nitrogens with zero attached hydrogens (tertiary/aromatic N) is 2. The molecule has 3 rings (SSSR count). The first kappa shape index (κ1) is 21.3. The molecule has 0 fully saturated rings. The topological polar surface area (TPSA) is 76.0 Å². The molecule has 0 radical (unpaired) electrons. The number of hydrogen-bond acceptors (Lipinski definition) is 3. The van der Waals surface area contributed by atoms with E-state index in [9.17, 15) is 9.59 Å². The second-order valence-corrected chi connectivity index (χ2v) is 7.51. The maximum absolute atomic E-state index is 12.7. The molecule has 0 bridgehead atoms. The Balaban J connectivity index is 1.64. The SMILES string of the molecule is CCc1c(C(=O)NCC(=O)Nc2c(C)cc(C)cc2C)cnn1Cc1ccccc1. The third kappa shape index (κ3) is 4.95. The largest absolute Gasteiger partial charge is 0.343 e. The molecule has 1 aromatic heterocycles. The van der Waals surface area contributed by atoms with E-state index < -0.39 is 0 Å². The Hall–Kier alpha value is -3.41. The lowest BCUT2D eigenvalue weighted by atomic mass is 10.1. The van der Waals surface area contributed by atoms with Gasteiger partial charge >= 0.3 is 0 Å². The zero-order valence-electron chi connectivity index (χ0n) is 18.0. The molecule has 0 unspecified atom stereocenters. The molecule has 0 saturated carbocycles. The molecule has 6 heteroatoms. The standard InChI is InChI=1S/C24H28N4O2/c1-5-21-20(13-26-28(21)15-19-9-7-6-8-10-19)24(30)25-14-22(29)27-23-17(3)11-16(2)12-18(23)4/h6-13H,5,14-15H2,1-4H3,(H,25,30)(H,27,29). The molecule has 0 aliphatic heterocycles. The number of carbonyl (C=O) groups is 2. The minimum Gasteiger partial charge on any atom is -0.343 e. The lowest BCUT2D eigenvalue weighted by molar-refractivity contribution is -0.115. The Bertz CT molecular complexity index is 1030. The van der Waals surface area contributed by atoms with E-state index in [4.69, 9.17) is 0 Å². The number of benzene rings is 2. The summed E-state index contributed by atoms with van der Waals surface area (Å²) in [7, 11) is 0. The van der Waals surface area contributed by atoms with Crippen LogP contribution in [0.5, 0.6) is 0 Å². The Morgan fingerprint density at radius 3 is 2.33 bits per heavy atom. The van der Waals surface area contributed by atoms with Crippen molar-refractivity contribution in [3.8, 4) is 0 Å². The first-order valence-electron chi connectivity index (χ1n) is 10.1. The number of rotatable bonds is 7. The van der Waals surface area contributed by atoms with Crippen LogP contribution in [0.2, 0.25) is 0 Å². The zero-order valence-corrected chi connectivity index (χ0v) is 18.0. The fourth-order valence-electron chi connectivity index (χ4n) is 3.68. The molecule has 0 aliphatic carbocycles. The molecule has 3 aromatic rings. The van der Waals surface area contributed by atoms with Gasteiger partial charge in [-0.3, -0.25) is 14.3 Å². The minimum absolute atomic E-state index is 0.0986. The van der Waals surface area contributed by atoms with Gasteiger partial charge in [-0.2, -0.15) is 5.10 Å². The summed E-state index contributed by atoms with van der Waals surface area (Å²) < 4.78 is 1.84. The van der Waals surface area contributed by atoms with Crippen LogP contribution in [0.1, 0.15) is 45.2 Å². The Morgan fingerprint density at radius 1 is 1.03 bits per heavy atom. The minimum atomic E-state index is -0.293. The van der Waals surface area contributed by atoms with Crippen molar-refractivity contribution in [2.24, 2.45) is 0 Å². The fraction of sp³-hybridized carbons (Fsp3) is 0.292. The highest BCUT2D eigenvalue weighted by molar-refractivity contribution is 6.00. The van der Waals surface area contributed by atoms with Gasteiger partial charge in [-0.1, -0.05) is 55.0 Å². The summed E-state index contributed by atoms with van der Waals surface area (Å²) in [6.07, 6.45) is 2.24. The maximum atomic E-state index is 12.7. The van der Waals surface area contributed by atoms with E-state index >= 15 is 0 Å². The van der Waals surface area contributed by atoms with Crippen molar-refractivity contribution in [2.75, 3.05) is 11.9 Å². The van der Waals surface area contributed by atoms with Gasteiger partial charge in [0.25, 0.3) is 5.91 Å². The van der Waals surface area contributed by atoms with Crippen molar-refractivity contribution in [3.63, 3.8) is 0 Å². The summed E-state index contributed by atoms with van der Waals surface area (Å²) in [5.41, 5.74) is 6.42. The van der Waals surface area contributed by atoms with Crippen molar-refractivity contribution in [2.45, 2.75) is 40.7 Å². The molecular weight excluding hydrogens is 376 g/mol. The summed E-state index contributed by atoms with van der Waals surface area (Å²) in [5.74, 6) is -0.549. The Kier molecular flexibility index (Phi) is 6.67. The molecule has 2 aromatic carbocycles. The highest BCUT2D eigenvalue weighted by Crippen LogP contribution is 2.21. The number of carbonyl (C=O) groups excluding carboxylic acids is 2. The van der Waals surface area contributed by atoms with Gasteiger partial charge in [0.2, 0.25) is 5.91 Å². The lowest BCUT2D eigenvalue weighted by Crippen LogP contribution is -2.33. The van der Waals surface area contributed by atoms with Gasteiger partial charge in [-0.05, 0) is 43.9 Å². The second-order valence-electron chi connectivity index (χ2n) is 7.51. The predicted octanol–water partition coefficient (Wildman–Crippen LogP) is 3.79. The number of amides is 2. The summed E-state index contributed by atoms with van der Waals surface area (Å²) >= 11 is 0. The van der Waals surface area contributed by atoms with E-state index in [1.165, 1.54) is 0 Å². The Morgan fingerprint density at radius 2 is 1.70 bits per heavy atom. The number of hydrogen-bond donors (Lipinski definition) is 2. The van der Waals surface area contributed by atoms with Gasteiger partial charge in [-0.15, -0.1) is 0 Å². The van der Waals surface area contributed by atoms with Crippen LogP contribution in [0, 0.1) is 20.8 Å². The molecule has 0 saturated heterocycles. The highest BCUT2D eigenvalue weighted by Gasteiger charge is 2.17. The van der Waals surface area contributed by atoms with Crippen LogP contribution in [-0.4, -0.2) is 28.1 Å². The molecule has 2 amide bonds. The first-order valence-corrected chi connectivity index (χ1v) is 10.1. The first-order chi connectivity index (χ1) is 14.4. The van der Waals surface area contributed by atoms with Crippen molar-refractivity contribution in [1.29, 1.82) is 0 Å². The van der Waals surface area contributed by atoms with Crippen LogP contribution in [0.4, 0.5) is 5.69 Å². The molecular formula is C24H28N4O2. The fourth-order valence-corrected chi connectivity index (χ4v) is 3.68. The number of anilines is 1. The average Bonchev–Trinajstić information content (AvgIpc) is 3.12. The van der Waals surface area contributed by atoms with E-state index in [1.54, 1.807) is 6.20 Å². The summed E-state index contributed by atoms with van der Waals surface area (Å²) in [6, 6.07) is 14.0. The van der Waals surface area contributed by atoms with Crippen LogP contribution >= 0.6 is 0 Å². The molecule has 30 heavy (non-hydrogen) atoms. The van der Waals surface area contributed by atoms with Gasteiger partial charge in [0.05, 0.1) is 30.5 Å². The summed E-state index contributed by atoms with van der Waals surface area (Å²) in [5, 5.41) is 10.0. The van der Waals surface area contributed by atoms with Crippen LogP contribution in [0.3, 0.4) is 0 Å². The van der Waals surface area contributed by atoms with E-state index in [0.717, 1.165) is 33.6 Å². The Labute approximate surface area is 177 Å². The van der Waals surface area contributed by atoms with Crippen LogP contribution < -0.4 is 10.6 Å². The number of nitrogens with one attached hydrogen (secondary N) is 2. The van der Waals surface area contributed by atoms with Crippen molar-refractivity contribution >= 4 is 17.5 Å². The summed E-state index contributed by atoms with van der Waals surface area (Å²) in [6.45, 7) is 8.44. The van der Waals surface area contributed by atoms with Gasteiger partial charge < -0.3 is 10.6 Å². The van der Waals surface area contributed by atoms with Crippen molar-refractivity contribution in [1.82, 2.24) is 15.1 Å². The van der Waals surface area contributed by atoms with Crippen LogP contribution in [0.15, 0.2) is 48.7 Å². The molecule has 0 atom stereocenters. The third-order valence-electron chi connectivity index (χ3n) is 5.05. The zero-order chi connectivity index (χ0) is 21.7. The van der Waals surface area contributed by atoms with Crippen molar-refractivity contribution < 1.29 is 9.59 Å². The monoisotopic (exact) mass is 404 g/mol.